The van der Waals surface area contributed by atoms with Crippen molar-refractivity contribution in [2.45, 2.75) is 31.0 Å². The van der Waals surface area contributed by atoms with Gasteiger partial charge in [0.2, 0.25) is 0 Å². The van der Waals surface area contributed by atoms with Gasteiger partial charge in [-0.3, -0.25) is 0 Å². The van der Waals surface area contributed by atoms with Crippen LogP contribution in [0.15, 0.2) is 42.5 Å². The highest BCUT2D eigenvalue weighted by Gasteiger charge is 2.32. The van der Waals surface area contributed by atoms with Gasteiger partial charge in [-0.1, -0.05) is 24.3 Å². The molecular formula is C15H18F2O3. The normalized spacial score (nSPS) is 27.1. The third-order valence-corrected chi connectivity index (χ3v) is 3.31. The molecule has 0 saturated heterocycles. The smallest absolute Gasteiger partial charge is 0.299 e. The summed E-state index contributed by atoms with van der Waals surface area (Å²) in [6.45, 7) is -0.751. The first-order valence-corrected chi connectivity index (χ1v) is 6.57. The van der Waals surface area contributed by atoms with Crippen molar-refractivity contribution in [2.24, 2.45) is 5.92 Å². The first kappa shape index (κ1) is 14.9. The van der Waals surface area contributed by atoms with Crippen LogP contribution in [0.5, 0.6) is 5.75 Å². The zero-order valence-electron chi connectivity index (χ0n) is 11.0. The second-order valence-corrected chi connectivity index (χ2v) is 5.08. The fourth-order valence-corrected chi connectivity index (χ4v) is 2.24. The van der Waals surface area contributed by atoms with Crippen molar-refractivity contribution in [1.82, 2.24) is 0 Å². The van der Waals surface area contributed by atoms with Crippen LogP contribution in [-0.2, 0) is 0 Å². The van der Waals surface area contributed by atoms with Crippen molar-refractivity contribution < 1.29 is 23.7 Å². The predicted molar refractivity (Wildman–Crippen MR) is 70.8 cm³/mol. The van der Waals surface area contributed by atoms with Gasteiger partial charge < -0.3 is 14.9 Å². The zero-order chi connectivity index (χ0) is 14.6. The Bertz CT molecular complexity index is 448. The lowest BCUT2D eigenvalue weighted by atomic mass is 10.0. The molecule has 3 atom stereocenters. The molecule has 5 heteroatoms. The van der Waals surface area contributed by atoms with E-state index in [4.69, 9.17) is 4.74 Å². The molecule has 110 valence electrons. The lowest BCUT2D eigenvalue weighted by Gasteiger charge is -2.15. The van der Waals surface area contributed by atoms with Crippen LogP contribution in [0.3, 0.4) is 0 Å². The fourth-order valence-electron chi connectivity index (χ4n) is 2.24. The van der Waals surface area contributed by atoms with Gasteiger partial charge in [-0.15, -0.1) is 0 Å². The second kappa shape index (κ2) is 6.33. The van der Waals surface area contributed by atoms with Gasteiger partial charge >= 0.3 is 0 Å². The molecule has 2 rings (SSSR count). The Labute approximate surface area is 116 Å². The van der Waals surface area contributed by atoms with Crippen LogP contribution in [0, 0.1) is 5.92 Å². The molecule has 0 spiro atoms. The maximum Gasteiger partial charge on any atom is 0.299 e. The fraction of sp³-hybridized carbons (Fsp3) is 0.467. The van der Waals surface area contributed by atoms with Crippen LogP contribution >= 0.6 is 0 Å². The number of hydrogen-bond acceptors (Lipinski definition) is 3. The minimum absolute atomic E-state index is 0.237. The molecular weight excluding hydrogens is 266 g/mol. The topological polar surface area (TPSA) is 49.7 Å². The number of halogens is 2. The van der Waals surface area contributed by atoms with Crippen LogP contribution < -0.4 is 4.74 Å². The standard InChI is InChI=1S/C15H18F2O3/c16-15(17,10-20-13-4-2-1-3-5-13)7-6-11-8-12(18)9-14(11)19/h1-7,11-12,14,18-19H,8-10H2/b7-6+/t11-,12+,14?/m1/s1. The molecule has 1 saturated carbocycles. The van der Waals surface area contributed by atoms with E-state index in [0.29, 0.717) is 12.2 Å². The van der Waals surface area contributed by atoms with Gasteiger partial charge in [-0.25, -0.2) is 0 Å². The number of para-hydroxylation sites is 1. The zero-order valence-corrected chi connectivity index (χ0v) is 11.0. The maximum absolute atomic E-state index is 13.6. The summed E-state index contributed by atoms with van der Waals surface area (Å²) in [4.78, 5) is 0. The van der Waals surface area contributed by atoms with Gasteiger partial charge in [0.15, 0.2) is 6.61 Å². The Morgan fingerprint density at radius 2 is 1.90 bits per heavy atom. The van der Waals surface area contributed by atoms with Gasteiger partial charge in [0.1, 0.15) is 5.75 Å². The third-order valence-electron chi connectivity index (χ3n) is 3.31. The minimum Gasteiger partial charge on any atom is -0.487 e. The minimum atomic E-state index is -3.11. The van der Waals surface area contributed by atoms with Crippen molar-refractivity contribution in [3.05, 3.63) is 42.5 Å². The number of aliphatic hydroxyl groups is 2. The molecule has 0 heterocycles. The SMILES string of the molecule is OC1C[C@@H](O)C[C@H]1/C=C/C(F)(F)COc1ccccc1. The summed E-state index contributed by atoms with van der Waals surface area (Å²) >= 11 is 0. The molecule has 1 aromatic carbocycles. The van der Waals surface area contributed by atoms with Crippen molar-refractivity contribution in [3.63, 3.8) is 0 Å². The number of hydrogen-bond donors (Lipinski definition) is 2. The number of alkyl halides is 2. The molecule has 2 N–H and O–H groups in total. The van der Waals surface area contributed by atoms with Crippen LogP contribution in [0.2, 0.25) is 0 Å². The number of aliphatic hydroxyl groups excluding tert-OH is 2. The Kier molecular flexibility index (Phi) is 4.73. The van der Waals surface area contributed by atoms with Crippen molar-refractivity contribution >= 4 is 0 Å². The van der Waals surface area contributed by atoms with Gasteiger partial charge in [-0.05, 0) is 31.1 Å². The molecule has 0 radical (unpaired) electrons. The highest BCUT2D eigenvalue weighted by molar-refractivity contribution is 5.21. The number of ether oxygens (including phenoxy) is 1. The van der Waals surface area contributed by atoms with Crippen LogP contribution in [0.4, 0.5) is 8.78 Å². The molecule has 0 bridgehead atoms. The van der Waals surface area contributed by atoms with Crippen LogP contribution in [0.1, 0.15) is 12.8 Å². The van der Waals surface area contributed by atoms with Gasteiger partial charge in [-0.2, -0.15) is 8.78 Å². The second-order valence-electron chi connectivity index (χ2n) is 5.08. The molecule has 0 amide bonds. The summed E-state index contributed by atoms with van der Waals surface area (Å²) in [5.41, 5.74) is 0. The summed E-state index contributed by atoms with van der Waals surface area (Å²) in [6, 6.07) is 8.41. The van der Waals surface area contributed by atoms with E-state index in [2.05, 4.69) is 0 Å². The van der Waals surface area contributed by atoms with Crippen molar-refractivity contribution in [1.29, 1.82) is 0 Å². The van der Waals surface area contributed by atoms with E-state index < -0.39 is 30.7 Å². The summed E-state index contributed by atoms with van der Waals surface area (Å²) in [5.74, 6) is -3.15. The Hall–Kier alpha value is -1.46. The first-order chi connectivity index (χ1) is 9.46. The van der Waals surface area contributed by atoms with Gasteiger partial charge in [0.25, 0.3) is 5.92 Å². The van der Waals surface area contributed by atoms with E-state index in [0.717, 1.165) is 6.08 Å². The lowest BCUT2D eigenvalue weighted by Crippen LogP contribution is -2.23. The first-order valence-electron chi connectivity index (χ1n) is 6.57. The van der Waals surface area contributed by atoms with E-state index in [1.807, 2.05) is 0 Å². The maximum atomic E-state index is 13.6. The Morgan fingerprint density at radius 1 is 1.20 bits per heavy atom. The molecule has 0 aromatic heterocycles. The predicted octanol–water partition coefficient (Wildman–Crippen LogP) is 2.39. The van der Waals surface area contributed by atoms with E-state index in [1.165, 1.54) is 6.08 Å². The molecule has 0 aliphatic heterocycles. The lowest BCUT2D eigenvalue weighted by molar-refractivity contribution is 0.00430. The molecule has 1 aliphatic rings. The van der Waals surface area contributed by atoms with Crippen LogP contribution in [0.25, 0.3) is 0 Å². The molecule has 20 heavy (non-hydrogen) atoms. The average molecular weight is 284 g/mol. The summed E-state index contributed by atoms with van der Waals surface area (Å²) < 4.78 is 32.3. The van der Waals surface area contributed by atoms with Gasteiger partial charge in [0.05, 0.1) is 12.2 Å². The Balaban J connectivity index is 1.87. The van der Waals surface area contributed by atoms with E-state index in [9.17, 15) is 19.0 Å². The molecule has 3 nitrogen and oxygen atoms in total. The van der Waals surface area contributed by atoms with E-state index >= 15 is 0 Å². The molecule has 1 aliphatic carbocycles. The quantitative estimate of drug-likeness (QED) is 0.816. The summed E-state index contributed by atoms with van der Waals surface area (Å²) in [6.07, 6.45) is 1.20. The van der Waals surface area contributed by atoms with E-state index in [1.54, 1.807) is 30.3 Å². The highest BCUT2D eigenvalue weighted by Crippen LogP contribution is 2.29. The number of rotatable bonds is 5. The molecule has 1 fully saturated rings. The van der Waals surface area contributed by atoms with Crippen molar-refractivity contribution in [3.8, 4) is 5.75 Å². The van der Waals surface area contributed by atoms with Gasteiger partial charge in [0, 0.05) is 5.92 Å². The van der Waals surface area contributed by atoms with Crippen molar-refractivity contribution in [2.75, 3.05) is 6.61 Å². The summed E-state index contributed by atoms with van der Waals surface area (Å²) in [5, 5.41) is 18.9. The molecule has 1 unspecified atom stereocenters. The average Bonchev–Trinajstić information content (AvgIpc) is 2.74. The highest BCUT2D eigenvalue weighted by atomic mass is 19.3. The number of benzene rings is 1. The summed E-state index contributed by atoms with van der Waals surface area (Å²) in [7, 11) is 0. The van der Waals surface area contributed by atoms with E-state index in [-0.39, 0.29) is 6.42 Å². The monoisotopic (exact) mass is 284 g/mol. The van der Waals surface area contributed by atoms with Crippen LogP contribution in [-0.4, -0.2) is 35.0 Å². The largest absolute Gasteiger partial charge is 0.487 e. The molecule has 1 aromatic rings. The Morgan fingerprint density at radius 3 is 2.50 bits per heavy atom. The third kappa shape index (κ3) is 4.28.